The van der Waals surface area contributed by atoms with Crippen molar-refractivity contribution in [2.45, 2.75) is 38.6 Å². The second-order valence-corrected chi connectivity index (χ2v) is 8.12. The molecular weight excluding hydrogens is 360 g/mol. The van der Waals surface area contributed by atoms with E-state index in [0.717, 1.165) is 31.0 Å². The first kappa shape index (κ1) is 20.9. The average Bonchev–Trinajstić information content (AvgIpc) is 2.58. The fraction of sp³-hybridized carbons (Fsp3) is 0.350. The molecule has 0 saturated carbocycles. The summed E-state index contributed by atoms with van der Waals surface area (Å²) in [7, 11) is -3.66. The molecule has 0 aliphatic heterocycles. The average molecular weight is 389 g/mol. The van der Waals surface area contributed by atoms with Crippen LogP contribution in [0.3, 0.4) is 0 Å². The van der Waals surface area contributed by atoms with E-state index in [0.29, 0.717) is 6.54 Å². The Kier molecular flexibility index (Phi) is 7.38. The van der Waals surface area contributed by atoms with E-state index in [9.17, 15) is 8.42 Å². The Bertz CT molecular complexity index is 870. The number of hydrogen-bond donors (Lipinski definition) is 3. The standard InChI is InChI=1S/C20H28N4O2S/c1-4-22-20(23-10-9-18-12-15(2)11-16(3)13-18)24-14-17-5-7-19(8-6-17)27(21,25)26/h5-8,11-13H,4,9-10,14H2,1-3H3,(H2,21,25,26)(H2,22,23,24). The Balaban J connectivity index is 1.95. The molecule has 2 aromatic rings. The van der Waals surface area contributed by atoms with Crippen molar-refractivity contribution in [1.82, 2.24) is 10.6 Å². The van der Waals surface area contributed by atoms with Gasteiger partial charge in [-0.1, -0.05) is 41.5 Å². The number of rotatable bonds is 7. The molecule has 0 atom stereocenters. The van der Waals surface area contributed by atoms with E-state index in [4.69, 9.17) is 5.14 Å². The summed E-state index contributed by atoms with van der Waals surface area (Å²) < 4.78 is 22.6. The number of benzene rings is 2. The minimum Gasteiger partial charge on any atom is -0.357 e. The lowest BCUT2D eigenvalue weighted by molar-refractivity contribution is 0.598. The molecule has 4 N–H and O–H groups in total. The van der Waals surface area contributed by atoms with Crippen molar-refractivity contribution in [3.63, 3.8) is 0 Å². The maximum Gasteiger partial charge on any atom is 0.238 e. The number of nitrogens with zero attached hydrogens (tertiary/aromatic N) is 1. The fourth-order valence-electron chi connectivity index (χ4n) is 2.84. The lowest BCUT2D eigenvalue weighted by atomic mass is 10.1. The maximum absolute atomic E-state index is 11.3. The van der Waals surface area contributed by atoms with Crippen LogP contribution in [-0.4, -0.2) is 27.5 Å². The van der Waals surface area contributed by atoms with Gasteiger partial charge in [0, 0.05) is 13.1 Å². The van der Waals surface area contributed by atoms with Gasteiger partial charge in [-0.05, 0) is 50.5 Å². The Labute approximate surface area is 162 Å². The van der Waals surface area contributed by atoms with Crippen LogP contribution in [0.25, 0.3) is 0 Å². The van der Waals surface area contributed by atoms with Crippen molar-refractivity contribution in [2.75, 3.05) is 13.1 Å². The normalized spacial score (nSPS) is 12.1. The van der Waals surface area contributed by atoms with Gasteiger partial charge >= 0.3 is 0 Å². The van der Waals surface area contributed by atoms with E-state index in [2.05, 4.69) is 47.7 Å². The van der Waals surface area contributed by atoms with Gasteiger partial charge in [-0.25, -0.2) is 18.5 Å². The van der Waals surface area contributed by atoms with E-state index in [-0.39, 0.29) is 4.90 Å². The molecule has 0 saturated heterocycles. The van der Waals surface area contributed by atoms with Crippen LogP contribution in [0.4, 0.5) is 0 Å². The predicted molar refractivity (Wildman–Crippen MR) is 110 cm³/mol. The van der Waals surface area contributed by atoms with Crippen LogP contribution in [0.1, 0.15) is 29.2 Å². The van der Waals surface area contributed by atoms with Gasteiger partial charge in [0.05, 0.1) is 11.4 Å². The first-order valence-corrected chi connectivity index (χ1v) is 10.5. The minimum absolute atomic E-state index is 0.105. The van der Waals surface area contributed by atoms with Crippen LogP contribution in [0.5, 0.6) is 0 Å². The molecule has 0 bridgehead atoms. The molecule has 27 heavy (non-hydrogen) atoms. The van der Waals surface area contributed by atoms with Crippen molar-refractivity contribution in [3.8, 4) is 0 Å². The predicted octanol–water partition coefficient (Wildman–Crippen LogP) is 2.25. The summed E-state index contributed by atoms with van der Waals surface area (Å²) in [4.78, 5) is 4.66. The number of aliphatic imine (C=N–C) groups is 1. The zero-order valence-electron chi connectivity index (χ0n) is 16.1. The van der Waals surface area contributed by atoms with Crippen LogP contribution in [-0.2, 0) is 23.0 Å². The van der Waals surface area contributed by atoms with E-state index < -0.39 is 10.0 Å². The molecule has 0 unspecified atom stereocenters. The third-order valence-corrected chi connectivity index (χ3v) is 4.93. The van der Waals surface area contributed by atoms with Crippen molar-refractivity contribution < 1.29 is 8.42 Å². The SMILES string of the molecule is CCNC(=NCc1ccc(S(N)(=O)=O)cc1)NCCc1cc(C)cc(C)c1. The van der Waals surface area contributed by atoms with Gasteiger partial charge in [-0.15, -0.1) is 0 Å². The molecule has 7 heteroatoms. The number of guanidine groups is 1. The maximum atomic E-state index is 11.3. The smallest absolute Gasteiger partial charge is 0.238 e. The van der Waals surface area contributed by atoms with Gasteiger partial charge in [0.2, 0.25) is 10.0 Å². The lowest BCUT2D eigenvalue weighted by Crippen LogP contribution is -2.38. The molecule has 0 aromatic heterocycles. The third-order valence-electron chi connectivity index (χ3n) is 4.00. The molecule has 0 radical (unpaired) electrons. The highest BCUT2D eigenvalue weighted by molar-refractivity contribution is 7.89. The summed E-state index contributed by atoms with van der Waals surface area (Å²) >= 11 is 0. The summed E-state index contributed by atoms with van der Waals surface area (Å²) in [5.74, 6) is 0.734. The summed E-state index contributed by atoms with van der Waals surface area (Å²) in [5, 5.41) is 11.7. The quantitative estimate of drug-likeness (QED) is 0.501. The molecule has 0 amide bonds. The molecule has 0 heterocycles. The molecule has 0 aliphatic carbocycles. The summed E-state index contributed by atoms with van der Waals surface area (Å²) in [6, 6.07) is 13.0. The second kappa shape index (κ2) is 9.53. The Morgan fingerprint density at radius 2 is 1.63 bits per heavy atom. The van der Waals surface area contributed by atoms with E-state index in [1.165, 1.54) is 28.8 Å². The second-order valence-electron chi connectivity index (χ2n) is 6.56. The zero-order valence-corrected chi connectivity index (χ0v) is 16.9. The highest BCUT2D eigenvalue weighted by Crippen LogP contribution is 2.10. The minimum atomic E-state index is -3.66. The summed E-state index contributed by atoms with van der Waals surface area (Å²) in [6.45, 7) is 8.22. The number of aryl methyl sites for hydroxylation is 2. The van der Waals surface area contributed by atoms with E-state index in [1.54, 1.807) is 12.1 Å². The third kappa shape index (κ3) is 7.03. The number of primary sulfonamides is 1. The molecule has 0 spiro atoms. The van der Waals surface area contributed by atoms with Crippen molar-refractivity contribution in [3.05, 3.63) is 64.7 Å². The molecule has 0 aliphatic rings. The topological polar surface area (TPSA) is 96.6 Å². The van der Waals surface area contributed by atoms with Crippen LogP contribution in [0.15, 0.2) is 52.4 Å². The molecule has 0 fully saturated rings. The highest BCUT2D eigenvalue weighted by atomic mass is 32.2. The molecule has 2 aromatic carbocycles. The first-order chi connectivity index (χ1) is 12.8. The van der Waals surface area contributed by atoms with Crippen LogP contribution in [0.2, 0.25) is 0 Å². The van der Waals surface area contributed by atoms with Crippen LogP contribution >= 0.6 is 0 Å². The van der Waals surface area contributed by atoms with E-state index in [1.807, 2.05) is 6.92 Å². The van der Waals surface area contributed by atoms with Crippen molar-refractivity contribution in [1.29, 1.82) is 0 Å². The number of nitrogens with one attached hydrogen (secondary N) is 2. The molecular formula is C20H28N4O2S. The molecule has 6 nitrogen and oxygen atoms in total. The summed E-state index contributed by atoms with van der Waals surface area (Å²) in [5.41, 5.74) is 4.75. The van der Waals surface area contributed by atoms with Gasteiger partial charge in [-0.3, -0.25) is 0 Å². The van der Waals surface area contributed by atoms with Gasteiger partial charge in [0.15, 0.2) is 5.96 Å². The lowest BCUT2D eigenvalue weighted by Gasteiger charge is -2.12. The zero-order chi connectivity index (χ0) is 19.9. The van der Waals surface area contributed by atoms with Gasteiger partial charge in [0.25, 0.3) is 0 Å². The van der Waals surface area contributed by atoms with Crippen molar-refractivity contribution >= 4 is 16.0 Å². The Morgan fingerprint density at radius 1 is 1.00 bits per heavy atom. The van der Waals surface area contributed by atoms with E-state index >= 15 is 0 Å². The fourth-order valence-corrected chi connectivity index (χ4v) is 3.35. The van der Waals surface area contributed by atoms with Gasteiger partial charge in [-0.2, -0.15) is 0 Å². The Morgan fingerprint density at radius 3 is 2.19 bits per heavy atom. The van der Waals surface area contributed by atoms with Crippen LogP contribution in [0, 0.1) is 13.8 Å². The number of sulfonamides is 1. The monoisotopic (exact) mass is 388 g/mol. The van der Waals surface area contributed by atoms with Gasteiger partial charge < -0.3 is 10.6 Å². The first-order valence-electron chi connectivity index (χ1n) is 8.99. The summed E-state index contributed by atoms with van der Waals surface area (Å²) in [6.07, 6.45) is 0.913. The molecule has 146 valence electrons. The largest absolute Gasteiger partial charge is 0.357 e. The van der Waals surface area contributed by atoms with Crippen LogP contribution < -0.4 is 15.8 Å². The van der Waals surface area contributed by atoms with Crippen molar-refractivity contribution in [2.24, 2.45) is 10.1 Å². The molecule has 2 rings (SSSR count). The highest BCUT2D eigenvalue weighted by Gasteiger charge is 2.06. The Hall–Kier alpha value is -2.38. The number of nitrogens with two attached hydrogens (primary N) is 1. The van der Waals surface area contributed by atoms with Gasteiger partial charge in [0.1, 0.15) is 0 Å². The number of hydrogen-bond acceptors (Lipinski definition) is 3.